The quantitative estimate of drug-likeness (QED) is 0.699. The normalized spacial score (nSPS) is 19.0. The Labute approximate surface area is 168 Å². The number of imide groups is 1. The number of hydrogen-bond donors (Lipinski definition) is 1. The van der Waals surface area contributed by atoms with E-state index in [2.05, 4.69) is 21.2 Å². The van der Waals surface area contributed by atoms with Gasteiger partial charge in [-0.1, -0.05) is 15.9 Å². The number of methoxy groups -OCH3 is 2. The van der Waals surface area contributed by atoms with Crippen molar-refractivity contribution >= 4 is 27.9 Å². The van der Waals surface area contributed by atoms with Crippen LogP contribution < -0.4 is 14.8 Å². The number of nitrogens with one attached hydrogen (secondary N) is 1. The van der Waals surface area contributed by atoms with E-state index >= 15 is 0 Å². The van der Waals surface area contributed by atoms with Gasteiger partial charge in [-0.2, -0.15) is 0 Å². The standard InChI is InChI=1S/C19H17BrF2N2O4/c1-19(12-7-11(21)4-5-14(12)22)17(25)24(18(26)23-19)9-10-6-15(27-2)16(28-3)8-13(10)20/h4-8H,9H2,1-3H3,(H,23,26). The lowest BCUT2D eigenvalue weighted by Gasteiger charge is -2.23. The van der Waals surface area contributed by atoms with Crippen LogP contribution in [0, 0.1) is 11.6 Å². The van der Waals surface area contributed by atoms with Gasteiger partial charge in [-0.3, -0.25) is 9.69 Å². The number of nitrogens with zero attached hydrogens (tertiary/aromatic N) is 1. The van der Waals surface area contributed by atoms with Crippen LogP contribution in [0.1, 0.15) is 18.1 Å². The number of rotatable bonds is 5. The van der Waals surface area contributed by atoms with Crippen LogP contribution in [-0.4, -0.2) is 31.1 Å². The smallest absolute Gasteiger partial charge is 0.325 e. The lowest BCUT2D eigenvalue weighted by Crippen LogP contribution is -2.41. The van der Waals surface area contributed by atoms with Crippen molar-refractivity contribution in [2.75, 3.05) is 14.2 Å². The van der Waals surface area contributed by atoms with E-state index in [1.54, 1.807) is 12.1 Å². The number of benzene rings is 2. The molecular formula is C19H17BrF2N2O4. The van der Waals surface area contributed by atoms with Gasteiger partial charge in [0.15, 0.2) is 11.5 Å². The predicted octanol–water partition coefficient (Wildman–Crippen LogP) is 3.71. The maximum atomic E-state index is 14.2. The Hall–Kier alpha value is -2.68. The molecule has 1 unspecified atom stereocenters. The molecule has 1 saturated heterocycles. The fourth-order valence-electron chi connectivity index (χ4n) is 3.09. The van der Waals surface area contributed by atoms with Gasteiger partial charge in [0, 0.05) is 10.0 Å². The molecule has 3 rings (SSSR count). The molecule has 9 heteroatoms. The van der Waals surface area contributed by atoms with Gasteiger partial charge in [-0.15, -0.1) is 0 Å². The van der Waals surface area contributed by atoms with Crippen molar-refractivity contribution in [3.63, 3.8) is 0 Å². The molecule has 3 amide bonds. The number of halogens is 3. The predicted molar refractivity (Wildman–Crippen MR) is 100 cm³/mol. The fraction of sp³-hybridized carbons (Fsp3) is 0.263. The Morgan fingerprint density at radius 2 is 1.75 bits per heavy atom. The van der Waals surface area contributed by atoms with E-state index in [9.17, 15) is 18.4 Å². The van der Waals surface area contributed by atoms with Crippen molar-refractivity contribution in [1.29, 1.82) is 0 Å². The zero-order chi connectivity index (χ0) is 20.6. The highest BCUT2D eigenvalue weighted by Crippen LogP contribution is 2.36. The molecule has 1 heterocycles. The van der Waals surface area contributed by atoms with Crippen molar-refractivity contribution in [2.45, 2.75) is 19.0 Å². The molecule has 148 valence electrons. The second-order valence-corrected chi connectivity index (χ2v) is 7.22. The molecule has 2 aromatic rings. The zero-order valence-corrected chi connectivity index (χ0v) is 16.9. The fourth-order valence-corrected chi connectivity index (χ4v) is 3.54. The maximum absolute atomic E-state index is 14.2. The lowest BCUT2D eigenvalue weighted by atomic mass is 9.91. The van der Waals surface area contributed by atoms with Gasteiger partial charge >= 0.3 is 6.03 Å². The van der Waals surface area contributed by atoms with Gasteiger partial charge in [-0.05, 0) is 42.8 Å². The minimum Gasteiger partial charge on any atom is -0.493 e. The highest BCUT2D eigenvalue weighted by atomic mass is 79.9. The molecule has 1 aliphatic heterocycles. The van der Waals surface area contributed by atoms with Crippen LogP contribution in [0.3, 0.4) is 0 Å². The third-order valence-electron chi connectivity index (χ3n) is 4.62. The van der Waals surface area contributed by atoms with Crippen LogP contribution >= 0.6 is 15.9 Å². The first-order chi connectivity index (χ1) is 13.2. The Kier molecular flexibility index (Phi) is 5.29. The van der Waals surface area contributed by atoms with Crippen molar-refractivity contribution in [2.24, 2.45) is 0 Å². The summed E-state index contributed by atoms with van der Waals surface area (Å²) in [6, 6.07) is 5.34. The first-order valence-corrected chi connectivity index (χ1v) is 9.00. The van der Waals surface area contributed by atoms with Crippen molar-refractivity contribution in [3.8, 4) is 11.5 Å². The minimum atomic E-state index is -1.72. The van der Waals surface area contributed by atoms with E-state index in [1.165, 1.54) is 21.1 Å². The molecule has 0 aliphatic carbocycles. The monoisotopic (exact) mass is 454 g/mol. The number of hydrogen-bond acceptors (Lipinski definition) is 4. The van der Waals surface area contributed by atoms with Crippen molar-refractivity contribution < 1.29 is 27.8 Å². The van der Waals surface area contributed by atoms with Crippen LogP contribution in [0.2, 0.25) is 0 Å². The summed E-state index contributed by atoms with van der Waals surface area (Å²) >= 11 is 3.38. The minimum absolute atomic E-state index is 0.0991. The molecule has 0 radical (unpaired) electrons. The van der Waals surface area contributed by atoms with Crippen LogP contribution in [0.5, 0.6) is 11.5 Å². The molecule has 28 heavy (non-hydrogen) atoms. The van der Waals surface area contributed by atoms with Crippen molar-refractivity contribution in [1.82, 2.24) is 10.2 Å². The van der Waals surface area contributed by atoms with Gasteiger partial charge < -0.3 is 14.8 Å². The van der Waals surface area contributed by atoms with Gasteiger partial charge in [0.25, 0.3) is 5.91 Å². The molecule has 1 fully saturated rings. The SMILES string of the molecule is COc1cc(Br)c(CN2C(=O)NC(C)(c3cc(F)ccc3F)C2=O)cc1OC. The van der Waals surface area contributed by atoms with Gasteiger partial charge in [0.2, 0.25) is 0 Å². The molecule has 0 spiro atoms. The Bertz CT molecular complexity index is 969. The summed E-state index contributed by atoms with van der Waals surface area (Å²) in [5, 5.41) is 2.46. The third-order valence-corrected chi connectivity index (χ3v) is 5.36. The molecule has 1 aliphatic rings. The average Bonchev–Trinajstić information content (AvgIpc) is 2.88. The second-order valence-electron chi connectivity index (χ2n) is 6.37. The molecule has 0 aromatic heterocycles. The highest BCUT2D eigenvalue weighted by Gasteiger charge is 2.50. The summed E-state index contributed by atoms with van der Waals surface area (Å²) in [4.78, 5) is 26.4. The van der Waals surface area contributed by atoms with Crippen LogP contribution in [-0.2, 0) is 16.9 Å². The van der Waals surface area contributed by atoms with Gasteiger partial charge in [-0.25, -0.2) is 13.6 Å². The van der Waals surface area contributed by atoms with E-state index in [0.717, 1.165) is 23.1 Å². The molecule has 6 nitrogen and oxygen atoms in total. The van der Waals surface area contributed by atoms with E-state index in [-0.39, 0.29) is 12.1 Å². The van der Waals surface area contributed by atoms with Gasteiger partial charge in [0.05, 0.1) is 20.8 Å². The summed E-state index contributed by atoms with van der Waals surface area (Å²) in [5.41, 5.74) is -1.38. The molecule has 0 saturated carbocycles. The third kappa shape index (κ3) is 3.30. The first kappa shape index (κ1) is 20.1. The van der Waals surface area contributed by atoms with E-state index < -0.39 is 29.1 Å². The largest absolute Gasteiger partial charge is 0.493 e. The highest BCUT2D eigenvalue weighted by molar-refractivity contribution is 9.10. The number of urea groups is 1. The number of amides is 3. The Morgan fingerprint density at radius 1 is 1.11 bits per heavy atom. The maximum Gasteiger partial charge on any atom is 0.325 e. The molecule has 1 atom stereocenters. The van der Waals surface area contributed by atoms with Crippen LogP contribution in [0.25, 0.3) is 0 Å². The lowest BCUT2D eigenvalue weighted by molar-refractivity contribution is -0.131. The van der Waals surface area contributed by atoms with Crippen LogP contribution in [0.15, 0.2) is 34.8 Å². The van der Waals surface area contributed by atoms with E-state index in [1.807, 2.05) is 0 Å². The summed E-state index contributed by atoms with van der Waals surface area (Å²) < 4.78 is 38.9. The Balaban J connectivity index is 1.96. The topological polar surface area (TPSA) is 67.9 Å². The number of carbonyl (C=O) groups is 2. The Morgan fingerprint density at radius 3 is 2.39 bits per heavy atom. The summed E-state index contributed by atoms with van der Waals surface area (Å²) in [7, 11) is 2.95. The van der Waals surface area contributed by atoms with Crippen molar-refractivity contribution in [3.05, 3.63) is 57.6 Å². The summed E-state index contributed by atoms with van der Waals surface area (Å²) in [6.07, 6.45) is 0. The zero-order valence-electron chi connectivity index (χ0n) is 15.3. The van der Waals surface area contributed by atoms with E-state index in [4.69, 9.17) is 9.47 Å². The summed E-state index contributed by atoms with van der Waals surface area (Å²) in [6.45, 7) is 1.24. The van der Waals surface area contributed by atoms with Crippen LogP contribution in [0.4, 0.5) is 13.6 Å². The second kappa shape index (κ2) is 7.38. The molecule has 0 bridgehead atoms. The molecule has 2 aromatic carbocycles. The molecular weight excluding hydrogens is 438 g/mol. The number of ether oxygens (including phenoxy) is 2. The molecule has 1 N–H and O–H groups in total. The average molecular weight is 455 g/mol. The van der Waals surface area contributed by atoms with E-state index in [0.29, 0.717) is 21.5 Å². The summed E-state index contributed by atoms with van der Waals surface area (Å²) in [5.74, 6) is -1.29. The first-order valence-electron chi connectivity index (χ1n) is 8.21. The van der Waals surface area contributed by atoms with Gasteiger partial charge in [0.1, 0.15) is 17.2 Å². The number of carbonyl (C=O) groups excluding carboxylic acids is 2.